The second-order valence-corrected chi connectivity index (χ2v) is 9.46. The number of rotatable bonds is 6. The summed E-state index contributed by atoms with van der Waals surface area (Å²) < 4.78 is 23.7. The van der Waals surface area contributed by atoms with E-state index in [9.17, 15) is 14.7 Å². The molecule has 6 rings (SSSR count). The molecule has 0 aliphatic carbocycles. The molecule has 1 N–H and O–H groups in total. The van der Waals surface area contributed by atoms with Gasteiger partial charge >= 0.3 is 6.16 Å². The lowest BCUT2D eigenvalue weighted by Crippen LogP contribution is -2.46. The van der Waals surface area contributed by atoms with Crippen LogP contribution < -0.4 is 20.0 Å². The van der Waals surface area contributed by atoms with E-state index in [1.807, 2.05) is 47.4 Å². The SMILES string of the molecule is O=C(O)Oc1cn(-c2cccc(Cn3ccnn3)c2)c2cc(N3CCN(c4ccccc4)CC3)c(F)cc2c1=O. The van der Waals surface area contributed by atoms with Crippen molar-refractivity contribution >= 4 is 28.4 Å². The van der Waals surface area contributed by atoms with E-state index >= 15 is 4.39 Å². The Labute approximate surface area is 228 Å². The summed E-state index contributed by atoms with van der Waals surface area (Å²) >= 11 is 0. The maximum Gasteiger partial charge on any atom is 0.511 e. The molecule has 3 aromatic carbocycles. The van der Waals surface area contributed by atoms with Crippen LogP contribution in [0.15, 0.2) is 90.1 Å². The summed E-state index contributed by atoms with van der Waals surface area (Å²) in [5, 5.41) is 17.1. The molecule has 1 aliphatic rings. The molecule has 3 heterocycles. The van der Waals surface area contributed by atoms with Gasteiger partial charge in [-0.3, -0.25) is 4.79 Å². The smallest absolute Gasteiger partial charge is 0.449 e. The molecule has 0 atom stereocenters. The monoisotopic (exact) mass is 540 g/mol. The van der Waals surface area contributed by atoms with Crippen LogP contribution in [0.1, 0.15) is 5.56 Å². The van der Waals surface area contributed by atoms with Crippen molar-refractivity contribution in [3.63, 3.8) is 0 Å². The molecule has 202 valence electrons. The van der Waals surface area contributed by atoms with Gasteiger partial charge in [0.25, 0.3) is 0 Å². The van der Waals surface area contributed by atoms with Gasteiger partial charge in [0.2, 0.25) is 5.43 Å². The molecular weight excluding hydrogens is 515 g/mol. The molecule has 1 aliphatic heterocycles. The van der Waals surface area contributed by atoms with Gasteiger partial charge in [-0.1, -0.05) is 35.5 Å². The van der Waals surface area contributed by atoms with Crippen LogP contribution in [0.5, 0.6) is 5.75 Å². The minimum absolute atomic E-state index is 0.0181. The second kappa shape index (κ2) is 10.5. The molecule has 2 aromatic heterocycles. The Morgan fingerprint density at radius 3 is 2.42 bits per heavy atom. The van der Waals surface area contributed by atoms with Crippen molar-refractivity contribution in [2.24, 2.45) is 0 Å². The zero-order valence-corrected chi connectivity index (χ0v) is 21.4. The van der Waals surface area contributed by atoms with Crippen LogP contribution in [0.4, 0.5) is 20.6 Å². The number of hydrogen-bond acceptors (Lipinski definition) is 7. The second-order valence-electron chi connectivity index (χ2n) is 9.46. The number of benzene rings is 3. The Kier molecular flexibility index (Phi) is 6.61. The maximum absolute atomic E-state index is 15.5. The van der Waals surface area contributed by atoms with Crippen LogP contribution in [0.25, 0.3) is 16.6 Å². The molecule has 0 amide bonds. The summed E-state index contributed by atoms with van der Waals surface area (Å²) in [5.41, 5.74) is 2.76. The normalized spacial score (nSPS) is 13.5. The van der Waals surface area contributed by atoms with Gasteiger partial charge in [-0.25, -0.2) is 13.9 Å². The van der Waals surface area contributed by atoms with Crippen LogP contribution in [-0.4, -0.2) is 57.0 Å². The van der Waals surface area contributed by atoms with E-state index in [4.69, 9.17) is 4.74 Å². The highest BCUT2D eigenvalue weighted by Gasteiger charge is 2.23. The Hall–Kier alpha value is -5.19. The Balaban J connectivity index is 1.41. The lowest BCUT2D eigenvalue weighted by atomic mass is 10.1. The number of fused-ring (bicyclic) bond motifs is 1. The minimum Gasteiger partial charge on any atom is -0.449 e. The van der Waals surface area contributed by atoms with Crippen molar-refractivity contribution in [1.82, 2.24) is 19.6 Å². The quantitative estimate of drug-likeness (QED) is 0.320. The molecule has 0 spiro atoms. The fraction of sp³-hybridized carbons (Fsp3) is 0.172. The fourth-order valence-electron chi connectivity index (χ4n) is 5.09. The lowest BCUT2D eigenvalue weighted by molar-refractivity contribution is 0.144. The number of anilines is 2. The van der Waals surface area contributed by atoms with Crippen LogP contribution in [0.2, 0.25) is 0 Å². The van der Waals surface area contributed by atoms with E-state index < -0.39 is 23.2 Å². The van der Waals surface area contributed by atoms with Crippen molar-refractivity contribution < 1.29 is 19.0 Å². The van der Waals surface area contributed by atoms with E-state index in [-0.39, 0.29) is 5.39 Å². The molecule has 5 aromatic rings. The third-order valence-electron chi connectivity index (χ3n) is 6.98. The first-order valence-corrected chi connectivity index (χ1v) is 12.7. The maximum atomic E-state index is 15.5. The van der Waals surface area contributed by atoms with Gasteiger partial charge in [0.15, 0.2) is 5.75 Å². The number of para-hydroxylation sites is 1. The Bertz CT molecular complexity index is 1730. The Morgan fingerprint density at radius 2 is 1.70 bits per heavy atom. The molecule has 0 saturated carbocycles. The fourth-order valence-corrected chi connectivity index (χ4v) is 5.09. The first kappa shape index (κ1) is 25.1. The van der Waals surface area contributed by atoms with Gasteiger partial charge in [0, 0.05) is 43.8 Å². The average molecular weight is 541 g/mol. The number of nitrogens with zero attached hydrogens (tertiary/aromatic N) is 6. The molecule has 0 unspecified atom stereocenters. The molecule has 40 heavy (non-hydrogen) atoms. The molecule has 0 radical (unpaired) electrons. The van der Waals surface area contributed by atoms with Crippen molar-refractivity contribution in [3.8, 4) is 11.4 Å². The highest BCUT2D eigenvalue weighted by molar-refractivity contribution is 5.86. The number of halogens is 1. The molecular formula is C29H25FN6O4. The topological polar surface area (TPSA) is 106 Å². The van der Waals surface area contributed by atoms with Gasteiger partial charge in [0.1, 0.15) is 5.82 Å². The van der Waals surface area contributed by atoms with Crippen LogP contribution in [-0.2, 0) is 6.54 Å². The number of piperazine rings is 1. The number of ether oxygens (including phenoxy) is 1. The predicted molar refractivity (Wildman–Crippen MR) is 148 cm³/mol. The first-order valence-electron chi connectivity index (χ1n) is 12.7. The number of aromatic nitrogens is 4. The van der Waals surface area contributed by atoms with E-state index in [1.54, 1.807) is 27.7 Å². The Morgan fingerprint density at radius 1 is 0.950 bits per heavy atom. The molecule has 11 heteroatoms. The molecule has 10 nitrogen and oxygen atoms in total. The van der Waals surface area contributed by atoms with Crippen molar-refractivity contribution in [1.29, 1.82) is 0 Å². The van der Waals surface area contributed by atoms with E-state index in [2.05, 4.69) is 27.3 Å². The van der Waals surface area contributed by atoms with Gasteiger partial charge in [-0.2, -0.15) is 0 Å². The summed E-state index contributed by atoms with van der Waals surface area (Å²) in [6.45, 7) is 3.06. The van der Waals surface area contributed by atoms with Gasteiger partial charge < -0.3 is 24.2 Å². The number of carboxylic acid groups (broad SMARTS) is 1. The largest absolute Gasteiger partial charge is 0.511 e. The third-order valence-corrected chi connectivity index (χ3v) is 6.98. The van der Waals surface area contributed by atoms with E-state index in [0.29, 0.717) is 49.6 Å². The summed E-state index contributed by atoms with van der Waals surface area (Å²) in [4.78, 5) is 28.7. The van der Waals surface area contributed by atoms with Gasteiger partial charge in [-0.05, 0) is 42.0 Å². The minimum atomic E-state index is -1.63. The van der Waals surface area contributed by atoms with Crippen molar-refractivity contribution in [2.45, 2.75) is 6.54 Å². The standard InChI is InChI=1S/C29H25FN6O4/c30-24-16-23-25(17-26(24)34-13-11-33(12-14-34)21-6-2-1-3-7-21)36(19-27(28(23)37)40-29(38)39)22-8-4-5-20(15-22)18-35-10-9-31-32-35/h1-10,15-17,19H,11-14,18H2,(H,38,39). The van der Waals surface area contributed by atoms with Gasteiger partial charge in [0.05, 0.1) is 35.5 Å². The zero-order valence-electron chi connectivity index (χ0n) is 21.4. The van der Waals surface area contributed by atoms with Crippen LogP contribution >= 0.6 is 0 Å². The number of hydrogen-bond donors (Lipinski definition) is 1. The molecule has 0 bridgehead atoms. The third kappa shape index (κ3) is 4.96. The highest BCUT2D eigenvalue weighted by atomic mass is 19.1. The van der Waals surface area contributed by atoms with E-state index in [1.165, 1.54) is 12.3 Å². The summed E-state index contributed by atoms with van der Waals surface area (Å²) in [5.74, 6) is -0.970. The van der Waals surface area contributed by atoms with Crippen molar-refractivity contribution in [2.75, 3.05) is 36.0 Å². The number of carbonyl (C=O) groups is 1. The van der Waals surface area contributed by atoms with E-state index in [0.717, 1.165) is 11.3 Å². The zero-order chi connectivity index (χ0) is 27.6. The molecule has 1 fully saturated rings. The predicted octanol–water partition coefficient (Wildman–Crippen LogP) is 4.15. The lowest BCUT2D eigenvalue weighted by Gasteiger charge is -2.37. The first-order chi connectivity index (χ1) is 19.5. The summed E-state index contributed by atoms with van der Waals surface area (Å²) in [7, 11) is 0. The molecule has 1 saturated heterocycles. The van der Waals surface area contributed by atoms with Crippen LogP contribution in [0.3, 0.4) is 0 Å². The van der Waals surface area contributed by atoms with Crippen molar-refractivity contribution in [3.05, 3.63) is 107 Å². The van der Waals surface area contributed by atoms with Crippen LogP contribution in [0, 0.1) is 5.82 Å². The summed E-state index contributed by atoms with van der Waals surface area (Å²) in [6.07, 6.45) is 3.04. The van der Waals surface area contributed by atoms with Gasteiger partial charge in [-0.15, -0.1) is 5.10 Å². The average Bonchev–Trinajstić information content (AvgIpc) is 3.48. The summed E-state index contributed by atoms with van der Waals surface area (Å²) in [6, 6.07) is 20.4. The highest BCUT2D eigenvalue weighted by Crippen LogP contribution is 2.30. The number of pyridine rings is 1.